The third kappa shape index (κ3) is 9.92. The molecule has 11 heavy (non-hydrogen) atoms. The van der Waals surface area contributed by atoms with E-state index in [9.17, 15) is 0 Å². The van der Waals surface area contributed by atoms with Crippen LogP contribution in [0.15, 0.2) is 0 Å². The summed E-state index contributed by atoms with van der Waals surface area (Å²) in [5, 5.41) is 11.9. The first-order valence-corrected chi connectivity index (χ1v) is 4.69. The first-order chi connectivity index (χ1) is 5.35. The quantitative estimate of drug-likeness (QED) is 0.644. The molecule has 0 aliphatic carbocycles. The van der Waals surface area contributed by atoms with Crippen LogP contribution in [0.1, 0.15) is 40.5 Å². The topological polar surface area (TPSA) is 32.3 Å². The van der Waals surface area contributed by atoms with Gasteiger partial charge in [-0.05, 0) is 19.4 Å². The fourth-order valence-corrected chi connectivity index (χ4v) is 0.686. The SMILES string of the molecule is CC.CCCNC(CC)CO. The van der Waals surface area contributed by atoms with Crippen molar-refractivity contribution in [3.05, 3.63) is 0 Å². The van der Waals surface area contributed by atoms with Gasteiger partial charge in [0.25, 0.3) is 0 Å². The van der Waals surface area contributed by atoms with Gasteiger partial charge in [-0.15, -0.1) is 0 Å². The molecule has 0 saturated heterocycles. The average molecular weight is 161 g/mol. The summed E-state index contributed by atoms with van der Waals surface area (Å²) in [6, 6.07) is 0.310. The molecule has 0 aromatic carbocycles. The second-order valence-electron chi connectivity index (χ2n) is 2.24. The van der Waals surface area contributed by atoms with Gasteiger partial charge in [0.2, 0.25) is 0 Å². The van der Waals surface area contributed by atoms with E-state index in [0.717, 1.165) is 19.4 Å². The Morgan fingerprint density at radius 2 is 1.82 bits per heavy atom. The Labute approximate surface area is 71.0 Å². The van der Waals surface area contributed by atoms with E-state index < -0.39 is 0 Å². The molecular weight excluding hydrogens is 138 g/mol. The highest BCUT2D eigenvalue weighted by Gasteiger charge is 1.99. The fourth-order valence-electron chi connectivity index (χ4n) is 0.686. The lowest BCUT2D eigenvalue weighted by molar-refractivity contribution is 0.239. The Morgan fingerprint density at radius 3 is 2.09 bits per heavy atom. The minimum absolute atomic E-state index is 0.260. The van der Waals surface area contributed by atoms with E-state index in [1.165, 1.54) is 0 Å². The van der Waals surface area contributed by atoms with E-state index in [-0.39, 0.29) is 6.61 Å². The Kier molecular flexibility index (Phi) is 15.4. The number of rotatable bonds is 5. The summed E-state index contributed by atoms with van der Waals surface area (Å²) >= 11 is 0. The maximum atomic E-state index is 8.69. The third-order valence-corrected chi connectivity index (χ3v) is 1.40. The van der Waals surface area contributed by atoms with Gasteiger partial charge in [-0.3, -0.25) is 0 Å². The van der Waals surface area contributed by atoms with Crippen molar-refractivity contribution in [1.82, 2.24) is 5.32 Å². The molecule has 2 nitrogen and oxygen atoms in total. The van der Waals surface area contributed by atoms with E-state index in [4.69, 9.17) is 5.11 Å². The van der Waals surface area contributed by atoms with Crippen LogP contribution < -0.4 is 5.32 Å². The van der Waals surface area contributed by atoms with Crippen LogP contribution in [0.2, 0.25) is 0 Å². The van der Waals surface area contributed by atoms with Crippen LogP contribution in [-0.4, -0.2) is 24.3 Å². The lowest BCUT2D eigenvalue weighted by Gasteiger charge is -2.11. The smallest absolute Gasteiger partial charge is 0.0584 e. The van der Waals surface area contributed by atoms with Gasteiger partial charge in [-0.25, -0.2) is 0 Å². The van der Waals surface area contributed by atoms with Crippen molar-refractivity contribution in [2.75, 3.05) is 13.2 Å². The van der Waals surface area contributed by atoms with Crippen molar-refractivity contribution in [3.8, 4) is 0 Å². The molecular formula is C9H23NO. The molecule has 0 fully saturated rings. The van der Waals surface area contributed by atoms with E-state index in [0.29, 0.717) is 6.04 Å². The third-order valence-electron chi connectivity index (χ3n) is 1.40. The van der Waals surface area contributed by atoms with Crippen LogP contribution in [0.25, 0.3) is 0 Å². The molecule has 0 heterocycles. The molecule has 2 N–H and O–H groups in total. The van der Waals surface area contributed by atoms with Gasteiger partial charge in [-0.1, -0.05) is 27.7 Å². The predicted molar refractivity (Wildman–Crippen MR) is 50.8 cm³/mol. The first-order valence-electron chi connectivity index (χ1n) is 4.69. The van der Waals surface area contributed by atoms with Gasteiger partial charge >= 0.3 is 0 Å². The molecule has 70 valence electrons. The van der Waals surface area contributed by atoms with Crippen LogP contribution in [0.3, 0.4) is 0 Å². The fraction of sp³-hybridized carbons (Fsp3) is 1.00. The van der Waals surface area contributed by atoms with Gasteiger partial charge in [-0.2, -0.15) is 0 Å². The van der Waals surface area contributed by atoms with Crippen molar-refractivity contribution in [1.29, 1.82) is 0 Å². The molecule has 0 aliphatic rings. The van der Waals surface area contributed by atoms with Gasteiger partial charge in [0.1, 0.15) is 0 Å². The Bertz CT molecular complexity index is 53.5. The number of hydrogen-bond acceptors (Lipinski definition) is 2. The zero-order valence-corrected chi connectivity index (χ0v) is 8.35. The van der Waals surface area contributed by atoms with E-state index in [1.54, 1.807) is 0 Å². The van der Waals surface area contributed by atoms with Crippen molar-refractivity contribution in [3.63, 3.8) is 0 Å². The summed E-state index contributed by atoms with van der Waals surface area (Å²) in [5.41, 5.74) is 0. The highest BCUT2D eigenvalue weighted by atomic mass is 16.3. The van der Waals surface area contributed by atoms with Crippen LogP contribution >= 0.6 is 0 Å². The number of nitrogens with one attached hydrogen (secondary N) is 1. The molecule has 0 aromatic heterocycles. The lowest BCUT2D eigenvalue weighted by Crippen LogP contribution is -2.32. The zero-order valence-electron chi connectivity index (χ0n) is 8.35. The molecule has 0 aliphatic heterocycles. The Hall–Kier alpha value is -0.0800. The predicted octanol–water partition coefficient (Wildman–Crippen LogP) is 1.78. The molecule has 0 spiro atoms. The Morgan fingerprint density at radius 1 is 1.27 bits per heavy atom. The summed E-state index contributed by atoms with van der Waals surface area (Å²) in [7, 11) is 0. The van der Waals surface area contributed by atoms with Crippen LogP contribution in [0.4, 0.5) is 0 Å². The molecule has 0 radical (unpaired) electrons. The highest BCUT2D eigenvalue weighted by molar-refractivity contribution is 4.60. The number of aliphatic hydroxyl groups excluding tert-OH is 1. The van der Waals surface area contributed by atoms with Crippen LogP contribution in [0, 0.1) is 0 Å². The summed E-state index contributed by atoms with van der Waals surface area (Å²) in [6.07, 6.45) is 2.15. The van der Waals surface area contributed by atoms with Gasteiger partial charge in [0.15, 0.2) is 0 Å². The van der Waals surface area contributed by atoms with E-state index in [1.807, 2.05) is 13.8 Å². The number of hydrogen-bond donors (Lipinski definition) is 2. The monoisotopic (exact) mass is 161 g/mol. The average Bonchev–Trinajstić information content (AvgIpc) is 2.10. The van der Waals surface area contributed by atoms with Crippen molar-refractivity contribution >= 4 is 0 Å². The summed E-state index contributed by atoms with van der Waals surface area (Å²) in [4.78, 5) is 0. The lowest BCUT2D eigenvalue weighted by atomic mass is 10.2. The standard InChI is InChI=1S/C7H17NO.C2H6/c1-3-5-8-7(4-2)6-9;1-2/h7-9H,3-6H2,1-2H3;1-2H3. The van der Waals surface area contributed by atoms with E-state index in [2.05, 4.69) is 19.2 Å². The van der Waals surface area contributed by atoms with E-state index >= 15 is 0 Å². The second-order valence-corrected chi connectivity index (χ2v) is 2.24. The molecule has 2 heteroatoms. The van der Waals surface area contributed by atoms with Crippen molar-refractivity contribution in [2.24, 2.45) is 0 Å². The minimum Gasteiger partial charge on any atom is -0.395 e. The maximum absolute atomic E-state index is 8.69. The molecule has 0 bridgehead atoms. The molecule has 0 rings (SSSR count). The normalized spacial score (nSPS) is 11.7. The largest absolute Gasteiger partial charge is 0.395 e. The van der Waals surface area contributed by atoms with Crippen LogP contribution in [0.5, 0.6) is 0 Å². The van der Waals surface area contributed by atoms with Gasteiger partial charge in [0.05, 0.1) is 6.61 Å². The molecule has 1 unspecified atom stereocenters. The Balaban J connectivity index is 0. The van der Waals surface area contributed by atoms with Crippen molar-refractivity contribution < 1.29 is 5.11 Å². The summed E-state index contributed by atoms with van der Waals surface area (Å²) < 4.78 is 0. The zero-order chi connectivity index (χ0) is 9.11. The second kappa shape index (κ2) is 12.6. The summed E-state index contributed by atoms with van der Waals surface area (Å²) in [5.74, 6) is 0. The minimum atomic E-state index is 0.260. The maximum Gasteiger partial charge on any atom is 0.0584 e. The van der Waals surface area contributed by atoms with Gasteiger partial charge < -0.3 is 10.4 Å². The van der Waals surface area contributed by atoms with Crippen molar-refractivity contribution in [2.45, 2.75) is 46.6 Å². The van der Waals surface area contributed by atoms with Gasteiger partial charge in [0, 0.05) is 6.04 Å². The molecule has 1 atom stereocenters. The number of aliphatic hydroxyl groups is 1. The molecule has 0 saturated carbocycles. The van der Waals surface area contributed by atoms with Crippen LogP contribution in [-0.2, 0) is 0 Å². The molecule has 0 amide bonds. The molecule has 0 aromatic rings. The first kappa shape index (κ1) is 13.5. The summed E-state index contributed by atoms with van der Waals surface area (Å²) in [6.45, 7) is 9.47. The highest BCUT2D eigenvalue weighted by Crippen LogP contribution is 1.87.